The third-order valence-corrected chi connectivity index (χ3v) is 24.8. The number of furan rings is 7. The lowest BCUT2D eigenvalue weighted by Gasteiger charge is -2.25. The minimum Gasteiger partial charge on any atom is -0.456 e. The monoisotopic (exact) mass is 1610 g/mol. The molecule has 0 aliphatic carbocycles. The molecule has 0 unspecified atom stereocenters. The highest BCUT2D eigenvalue weighted by atomic mass is 35.5. The van der Waals surface area contributed by atoms with Gasteiger partial charge in [-0.05, 0) is 241 Å². The Balaban J connectivity index is 0.000000132. The summed E-state index contributed by atoms with van der Waals surface area (Å²) in [5, 5.41) is 28.3. The fourth-order valence-electron chi connectivity index (χ4n) is 18.7. The first-order valence-corrected chi connectivity index (χ1v) is 41.5. The van der Waals surface area contributed by atoms with Crippen molar-refractivity contribution in [2.24, 2.45) is 0 Å². The van der Waals surface area contributed by atoms with Crippen molar-refractivity contribution in [3.63, 3.8) is 0 Å². The Kier molecular flexibility index (Phi) is 15.7. The molecule has 0 aliphatic heterocycles. The van der Waals surface area contributed by atoms with Crippen molar-refractivity contribution in [1.82, 2.24) is 0 Å². The molecule has 0 aliphatic rings. The standard InChI is InChI=1S/C66H38N2O4.C23H16O.C22H10Cl2O2/c1-3-13-43(14-4-1)67(47-23-27-53-63(37-47)69-57-29-19-39-11-7-9-17-49(39)65(53)57)45-21-25-51-55-31-41-34-60-56(32-42(41)33-59(55)71-61(51)35-45)52-26-22-46(36-62(52)72-60)68(44-15-5-2-6-16-44)48-24-28-54-64(38-48)70-58-30-20-40-12-8-10-18-50(40)66(54)58;1-2-6-16(7-3-1)14-17-10-12-20-22(15-17)24-21-13-11-18-8-4-5-9-19(18)23(20)21;23-13-1-3-15-17-5-11-8-20-18(16-4-2-14(24)10-22(16)26-20)6-12(11)7-19(17)25-21(15)9-13/h1-38H;1-13,15H,14H2;1-10H. The second-order valence-corrected chi connectivity index (χ2v) is 32.5. The van der Waals surface area contributed by atoms with Gasteiger partial charge in [0.1, 0.15) is 78.2 Å². The van der Waals surface area contributed by atoms with Gasteiger partial charge in [-0.25, -0.2) is 0 Å². The van der Waals surface area contributed by atoms with Gasteiger partial charge < -0.3 is 40.7 Å². The molecule has 20 aromatic carbocycles. The molecule has 0 saturated heterocycles. The van der Waals surface area contributed by atoms with E-state index in [-0.39, 0.29) is 0 Å². The molecular formula is C111H64Cl2N2O7. The van der Waals surface area contributed by atoms with E-state index in [4.69, 9.17) is 54.1 Å². The first-order valence-electron chi connectivity index (χ1n) is 40.8. The molecular weight excluding hydrogens is 1540 g/mol. The fourth-order valence-corrected chi connectivity index (χ4v) is 19.0. The molecule has 0 atom stereocenters. The lowest BCUT2D eigenvalue weighted by molar-refractivity contribution is 0.668. The fraction of sp³-hybridized carbons (Fsp3) is 0.00901. The number of fused-ring (bicyclic) bond motifs is 29. The first-order chi connectivity index (χ1) is 60.2. The zero-order valence-electron chi connectivity index (χ0n) is 65.0. The van der Waals surface area contributed by atoms with Gasteiger partial charge in [0.2, 0.25) is 0 Å². The van der Waals surface area contributed by atoms with Gasteiger partial charge in [0.05, 0.1) is 0 Å². The van der Waals surface area contributed by atoms with Crippen molar-refractivity contribution >= 4 is 265 Å². The van der Waals surface area contributed by atoms with Crippen LogP contribution >= 0.6 is 23.2 Å². The molecule has 122 heavy (non-hydrogen) atoms. The summed E-state index contributed by atoms with van der Waals surface area (Å²) in [7, 11) is 0. The Morgan fingerprint density at radius 2 is 0.443 bits per heavy atom. The number of nitrogens with zero attached hydrogens (tertiary/aromatic N) is 2. The smallest absolute Gasteiger partial charge is 0.137 e. The molecule has 27 aromatic rings. The van der Waals surface area contributed by atoms with Gasteiger partial charge in [0.25, 0.3) is 0 Å². The van der Waals surface area contributed by atoms with Gasteiger partial charge in [-0.15, -0.1) is 0 Å². The molecule has 0 amide bonds. The van der Waals surface area contributed by atoms with E-state index in [0.717, 1.165) is 205 Å². The van der Waals surface area contributed by atoms with Crippen molar-refractivity contribution in [3.8, 4) is 0 Å². The van der Waals surface area contributed by atoms with Gasteiger partial charge in [-0.3, -0.25) is 0 Å². The third kappa shape index (κ3) is 11.5. The predicted molar refractivity (Wildman–Crippen MR) is 506 cm³/mol. The van der Waals surface area contributed by atoms with Gasteiger partial charge in [0.15, 0.2) is 0 Å². The summed E-state index contributed by atoms with van der Waals surface area (Å²) in [4.78, 5) is 4.52. The molecule has 0 N–H and O–H groups in total. The highest BCUT2D eigenvalue weighted by Crippen LogP contribution is 2.48. The molecule has 7 heterocycles. The van der Waals surface area contributed by atoms with Gasteiger partial charge in [-0.1, -0.05) is 193 Å². The number of hydrogen-bond acceptors (Lipinski definition) is 9. The first kappa shape index (κ1) is 69.6. The highest BCUT2D eigenvalue weighted by molar-refractivity contribution is 6.32. The summed E-state index contributed by atoms with van der Waals surface area (Å²) >= 11 is 12.2. The second kappa shape index (κ2) is 27.5. The number of anilines is 6. The summed E-state index contributed by atoms with van der Waals surface area (Å²) in [5.41, 5.74) is 20.6. The lowest BCUT2D eigenvalue weighted by Crippen LogP contribution is -2.09. The van der Waals surface area contributed by atoms with Crippen molar-refractivity contribution in [3.05, 3.63) is 397 Å². The van der Waals surface area contributed by atoms with E-state index < -0.39 is 0 Å². The van der Waals surface area contributed by atoms with Crippen LogP contribution in [-0.4, -0.2) is 0 Å². The zero-order chi connectivity index (χ0) is 80.4. The van der Waals surface area contributed by atoms with Crippen molar-refractivity contribution < 1.29 is 30.9 Å². The van der Waals surface area contributed by atoms with E-state index in [9.17, 15) is 0 Å². The van der Waals surface area contributed by atoms with E-state index >= 15 is 0 Å². The predicted octanol–water partition coefficient (Wildman–Crippen LogP) is 34.0. The molecule has 0 saturated carbocycles. The second-order valence-electron chi connectivity index (χ2n) is 31.6. The molecule has 574 valence electrons. The van der Waals surface area contributed by atoms with Crippen LogP contribution in [0.4, 0.5) is 34.1 Å². The Labute approximate surface area is 704 Å². The summed E-state index contributed by atoms with van der Waals surface area (Å²) < 4.78 is 44.8. The minimum atomic E-state index is 0.670. The molecule has 7 aromatic heterocycles. The summed E-state index contributed by atoms with van der Waals surface area (Å²) in [5.74, 6) is 0. The van der Waals surface area contributed by atoms with Crippen LogP contribution in [0.5, 0.6) is 0 Å². The van der Waals surface area contributed by atoms with Crippen LogP contribution in [-0.2, 0) is 6.42 Å². The van der Waals surface area contributed by atoms with E-state index in [1.165, 1.54) is 54.2 Å². The zero-order valence-corrected chi connectivity index (χ0v) is 66.5. The van der Waals surface area contributed by atoms with Crippen LogP contribution in [0.15, 0.2) is 407 Å². The van der Waals surface area contributed by atoms with Crippen LogP contribution in [0.2, 0.25) is 10.0 Å². The van der Waals surface area contributed by atoms with E-state index in [1.54, 1.807) is 0 Å². The Morgan fingerprint density at radius 3 is 0.811 bits per heavy atom. The average Bonchev–Trinajstić information content (AvgIpc) is 1.56. The van der Waals surface area contributed by atoms with E-state index in [0.29, 0.717) is 10.0 Å². The maximum Gasteiger partial charge on any atom is 0.137 e. The molecule has 9 nitrogen and oxygen atoms in total. The Hall–Kier alpha value is -15.5. The largest absolute Gasteiger partial charge is 0.456 e. The van der Waals surface area contributed by atoms with Crippen LogP contribution in [0.25, 0.3) is 207 Å². The molecule has 0 radical (unpaired) electrons. The lowest BCUT2D eigenvalue weighted by atomic mass is 10.0. The number of hydrogen-bond donors (Lipinski definition) is 0. The van der Waals surface area contributed by atoms with Crippen molar-refractivity contribution in [1.29, 1.82) is 0 Å². The summed E-state index contributed by atoms with van der Waals surface area (Å²) in [6.45, 7) is 0. The van der Waals surface area contributed by atoms with E-state index in [1.807, 2.05) is 48.5 Å². The maximum atomic E-state index is 6.76. The topological polar surface area (TPSA) is 98.5 Å². The highest BCUT2D eigenvalue weighted by Gasteiger charge is 2.24. The third-order valence-electron chi connectivity index (χ3n) is 24.4. The van der Waals surface area contributed by atoms with Crippen LogP contribution < -0.4 is 9.80 Å². The van der Waals surface area contributed by atoms with Gasteiger partial charge in [0, 0.05) is 156 Å². The van der Waals surface area contributed by atoms with Gasteiger partial charge >= 0.3 is 0 Å². The minimum absolute atomic E-state index is 0.670. The molecule has 0 bridgehead atoms. The molecule has 0 spiro atoms. The SMILES string of the molecule is Clc1ccc2c(c1)oc1cc3cc4c(cc3cc12)oc1cc(Cl)ccc14.c1ccc(Cc2ccc3c(c2)oc2ccc4ccccc4c23)cc1.c1ccc(N(c2ccc3c(c2)oc2cc4cc5c(cc4cc23)oc2cc(N(c3ccccc3)c3ccc4c(c3)oc3ccc6ccccc6c34)ccc25)c2ccc3c(c2)oc2ccc4ccccc4c23)cc1. The molecule has 27 rings (SSSR count). The van der Waals surface area contributed by atoms with Crippen molar-refractivity contribution in [2.45, 2.75) is 6.42 Å². The quantitative estimate of drug-likeness (QED) is 0.147. The van der Waals surface area contributed by atoms with E-state index in [2.05, 4.69) is 337 Å². The molecule has 11 heteroatoms. The average molecular weight is 1610 g/mol. The number of benzene rings is 20. The normalized spacial score (nSPS) is 12.0. The Morgan fingerprint density at radius 1 is 0.164 bits per heavy atom. The number of para-hydroxylation sites is 2. The van der Waals surface area contributed by atoms with Crippen LogP contribution in [0, 0.1) is 0 Å². The molecule has 0 fully saturated rings. The number of rotatable bonds is 8. The number of halogens is 2. The maximum absolute atomic E-state index is 6.76. The van der Waals surface area contributed by atoms with Crippen LogP contribution in [0.1, 0.15) is 11.1 Å². The van der Waals surface area contributed by atoms with Crippen molar-refractivity contribution in [2.75, 3.05) is 9.80 Å². The summed E-state index contributed by atoms with van der Waals surface area (Å²) in [6, 6.07) is 131. The van der Waals surface area contributed by atoms with Crippen LogP contribution in [0.3, 0.4) is 0 Å². The van der Waals surface area contributed by atoms with Gasteiger partial charge in [-0.2, -0.15) is 0 Å². The Bertz CT molecular complexity index is 8580. The summed E-state index contributed by atoms with van der Waals surface area (Å²) in [6.07, 6.45) is 0.925.